The lowest BCUT2D eigenvalue weighted by Crippen LogP contribution is -2.03. The quantitative estimate of drug-likeness (QED) is 0.192. The van der Waals surface area contributed by atoms with Crippen LogP contribution in [0.4, 0.5) is 0 Å². The van der Waals surface area contributed by atoms with Crippen LogP contribution in [-0.2, 0) is 0 Å². The molecule has 0 atom stereocenters. The predicted molar refractivity (Wildman–Crippen MR) is 207 cm³/mol. The summed E-state index contributed by atoms with van der Waals surface area (Å²) in [5.74, 6) is 0.669. The Morgan fingerprint density at radius 3 is 1.73 bits per heavy atom. The Kier molecular flexibility index (Phi) is 5.51. The van der Waals surface area contributed by atoms with Crippen molar-refractivity contribution in [1.82, 2.24) is 19.1 Å². The van der Waals surface area contributed by atoms with E-state index in [0.717, 1.165) is 38.9 Å². The molecule has 4 heterocycles. The topological polar surface area (TPSA) is 35.6 Å². The van der Waals surface area contributed by atoms with Crippen LogP contribution in [0.1, 0.15) is 0 Å². The molecule has 5 heteroatoms. The number of nitrogens with zero attached hydrogens (tertiary/aromatic N) is 4. The van der Waals surface area contributed by atoms with Gasteiger partial charge in [-0.1, -0.05) is 109 Å². The molecule has 0 bridgehead atoms. The molecule has 0 N–H and O–H groups in total. The number of para-hydroxylation sites is 4. The lowest BCUT2D eigenvalue weighted by atomic mass is 10.0. The molecular formula is C44H26N4S. The fourth-order valence-electron chi connectivity index (χ4n) is 7.82. The number of fused-ring (bicyclic) bond motifs is 10. The molecular weight excluding hydrogens is 617 g/mol. The van der Waals surface area contributed by atoms with E-state index >= 15 is 0 Å². The number of hydrogen-bond donors (Lipinski definition) is 0. The molecule has 0 saturated carbocycles. The van der Waals surface area contributed by atoms with Gasteiger partial charge in [-0.15, -0.1) is 11.3 Å². The molecule has 11 rings (SSSR count). The van der Waals surface area contributed by atoms with Crippen LogP contribution in [0.3, 0.4) is 0 Å². The van der Waals surface area contributed by atoms with Gasteiger partial charge in [0.05, 0.1) is 33.3 Å². The van der Waals surface area contributed by atoms with Gasteiger partial charge in [0.2, 0.25) is 5.95 Å². The van der Waals surface area contributed by atoms with Crippen molar-refractivity contribution >= 4 is 86.0 Å². The average Bonchev–Trinajstić information content (AvgIpc) is 3.82. The van der Waals surface area contributed by atoms with Crippen LogP contribution in [-0.4, -0.2) is 19.1 Å². The number of thiophene rings is 1. The maximum atomic E-state index is 5.44. The van der Waals surface area contributed by atoms with E-state index in [2.05, 4.69) is 167 Å². The van der Waals surface area contributed by atoms with Crippen molar-refractivity contribution < 1.29 is 0 Å². The molecule has 0 aliphatic rings. The largest absolute Gasteiger partial charge is 0.309 e. The summed E-state index contributed by atoms with van der Waals surface area (Å²) in [7, 11) is 0. The molecule has 0 radical (unpaired) electrons. The van der Waals surface area contributed by atoms with Gasteiger partial charge in [-0.05, 0) is 48.5 Å². The number of rotatable bonds is 3. The van der Waals surface area contributed by atoms with Crippen molar-refractivity contribution in [2.24, 2.45) is 0 Å². The van der Waals surface area contributed by atoms with Gasteiger partial charge in [0, 0.05) is 58.4 Å². The summed E-state index contributed by atoms with van der Waals surface area (Å²) < 4.78 is 7.15. The summed E-state index contributed by atoms with van der Waals surface area (Å²) in [6.45, 7) is 0. The number of benzene rings is 7. The van der Waals surface area contributed by atoms with Gasteiger partial charge in [-0.2, -0.15) is 0 Å². The van der Waals surface area contributed by atoms with Gasteiger partial charge < -0.3 is 4.57 Å². The zero-order chi connectivity index (χ0) is 32.1. The highest BCUT2D eigenvalue weighted by molar-refractivity contribution is 7.26. The first-order valence-electron chi connectivity index (χ1n) is 16.5. The van der Waals surface area contributed by atoms with E-state index in [-0.39, 0.29) is 0 Å². The van der Waals surface area contributed by atoms with E-state index < -0.39 is 0 Å². The van der Waals surface area contributed by atoms with Crippen molar-refractivity contribution in [3.63, 3.8) is 0 Å². The zero-order valence-corrected chi connectivity index (χ0v) is 27.0. The molecule has 0 amide bonds. The van der Waals surface area contributed by atoms with Crippen LogP contribution < -0.4 is 0 Å². The standard InChI is InChI=1S/C44H26N4S/c1-6-19-36-33(16-1)42(34-18-11-17-32-31-15-5-10-23-41(31)49-43(32)34)46-44(45-36)48-39-22-9-4-14-30(39)35-26-27(24-25-40(35)48)47-37-20-7-2-12-28(37)29-13-3-8-21-38(29)47/h1-26H. The number of hydrogen-bond acceptors (Lipinski definition) is 3. The summed E-state index contributed by atoms with van der Waals surface area (Å²) in [5.41, 5.74) is 8.69. The average molecular weight is 643 g/mol. The molecule has 11 aromatic rings. The van der Waals surface area contributed by atoms with Gasteiger partial charge in [0.1, 0.15) is 0 Å². The highest BCUT2D eigenvalue weighted by Crippen LogP contribution is 2.42. The molecule has 0 aliphatic heterocycles. The fourth-order valence-corrected chi connectivity index (χ4v) is 9.04. The molecule has 7 aromatic carbocycles. The smallest absolute Gasteiger partial charge is 0.235 e. The zero-order valence-electron chi connectivity index (χ0n) is 26.2. The van der Waals surface area contributed by atoms with Crippen molar-refractivity contribution in [2.75, 3.05) is 0 Å². The Bertz CT molecular complexity index is 3070. The molecule has 228 valence electrons. The summed E-state index contributed by atoms with van der Waals surface area (Å²) >= 11 is 1.83. The molecule has 0 saturated heterocycles. The summed E-state index contributed by atoms with van der Waals surface area (Å²) in [5, 5.41) is 8.44. The van der Waals surface area contributed by atoms with Crippen LogP contribution in [0.15, 0.2) is 158 Å². The fraction of sp³-hybridized carbons (Fsp3) is 0. The van der Waals surface area contributed by atoms with Gasteiger partial charge in [0.25, 0.3) is 0 Å². The maximum Gasteiger partial charge on any atom is 0.235 e. The first-order valence-corrected chi connectivity index (χ1v) is 17.3. The maximum absolute atomic E-state index is 5.44. The monoisotopic (exact) mass is 642 g/mol. The summed E-state index contributed by atoms with van der Waals surface area (Å²) in [6, 6.07) is 56.4. The van der Waals surface area contributed by atoms with Gasteiger partial charge in [-0.3, -0.25) is 4.57 Å². The van der Waals surface area contributed by atoms with Crippen molar-refractivity contribution in [3.05, 3.63) is 158 Å². The minimum atomic E-state index is 0.669. The second-order valence-corrected chi connectivity index (χ2v) is 13.6. The van der Waals surface area contributed by atoms with Crippen LogP contribution >= 0.6 is 11.3 Å². The van der Waals surface area contributed by atoms with Crippen LogP contribution in [0.2, 0.25) is 0 Å². The van der Waals surface area contributed by atoms with E-state index in [1.165, 1.54) is 52.8 Å². The first kappa shape index (κ1) is 26.7. The Morgan fingerprint density at radius 1 is 0.408 bits per heavy atom. The highest BCUT2D eigenvalue weighted by Gasteiger charge is 2.20. The minimum Gasteiger partial charge on any atom is -0.309 e. The third kappa shape index (κ3) is 3.79. The lowest BCUT2D eigenvalue weighted by Gasteiger charge is -2.13. The molecule has 0 fully saturated rings. The van der Waals surface area contributed by atoms with Crippen molar-refractivity contribution in [1.29, 1.82) is 0 Å². The second kappa shape index (κ2) is 10.1. The van der Waals surface area contributed by atoms with Crippen LogP contribution in [0, 0.1) is 0 Å². The Labute approximate surface area is 284 Å². The first-order chi connectivity index (χ1) is 24.3. The second-order valence-electron chi connectivity index (χ2n) is 12.6. The van der Waals surface area contributed by atoms with Gasteiger partial charge in [0.15, 0.2) is 0 Å². The van der Waals surface area contributed by atoms with E-state index in [9.17, 15) is 0 Å². The Morgan fingerprint density at radius 2 is 0.980 bits per heavy atom. The SMILES string of the molecule is c1ccc2c(-c3cccc4c3sc3ccccc34)nc(-n3c4ccccc4c4cc(-n5c6ccccc6c6ccccc65)ccc43)nc2c1. The van der Waals surface area contributed by atoms with E-state index in [4.69, 9.17) is 9.97 Å². The lowest BCUT2D eigenvalue weighted by molar-refractivity contribution is 1.01. The molecule has 0 unspecified atom stereocenters. The summed E-state index contributed by atoms with van der Waals surface area (Å²) in [6.07, 6.45) is 0. The third-order valence-corrected chi connectivity index (χ3v) is 11.2. The molecule has 49 heavy (non-hydrogen) atoms. The van der Waals surface area contributed by atoms with Gasteiger partial charge in [-0.25, -0.2) is 9.97 Å². The molecule has 4 nitrogen and oxygen atoms in total. The van der Waals surface area contributed by atoms with E-state index in [1.807, 2.05) is 11.3 Å². The number of aromatic nitrogens is 4. The van der Waals surface area contributed by atoms with E-state index in [1.54, 1.807) is 0 Å². The third-order valence-electron chi connectivity index (χ3n) is 9.95. The van der Waals surface area contributed by atoms with Crippen molar-refractivity contribution in [2.45, 2.75) is 0 Å². The normalized spacial score (nSPS) is 12.1. The predicted octanol–water partition coefficient (Wildman–Crippen LogP) is 11.9. The van der Waals surface area contributed by atoms with E-state index in [0.29, 0.717) is 5.95 Å². The summed E-state index contributed by atoms with van der Waals surface area (Å²) in [4.78, 5) is 10.7. The molecule has 0 aliphatic carbocycles. The van der Waals surface area contributed by atoms with Crippen LogP contribution in [0.25, 0.3) is 97.6 Å². The molecule has 0 spiro atoms. The highest BCUT2D eigenvalue weighted by atomic mass is 32.1. The van der Waals surface area contributed by atoms with Crippen LogP contribution in [0.5, 0.6) is 0 Å². The minimum absolute atomic E-state index is 0.669. The van der Waals surface area contributed by atoms with Gasteiger partial charge >= 0.3 is 0 Å². The molecule has 4 aromatic heterocycles. The Hall–Kier alpha value is -6.30. The van der Waals surface area contributed by atoms with Crippen molar-refractivity contribution in [3.8, 4) is 22.9 Å². The Balaban J connectivity index is 1.19.